The average molecular weight is 430 g/mol. The molecule has 0 bridgehead atoms. The maximum absolute atomic E-state index is 13.2. The molecule has 0 fully saturated rings. The standard InChI is InChI=1S/C24H31NO6/c1-5-11-30-12-13-31-24(27)21-15(2)25-18-7-6-8-19(26)23(18)22(21)17-10-9-16(28-3)14-20(17)29-4/h9-10,14,21-22H,5-8,11-13H2,1-4H3/t21?,22-/m0/s1. The smallest absolute Gasteiger partial charge is 0.315 e. The van der Waals surface area contributed by atoms with E-state index in [2.05, 4.69) is 4.99 Å². The fourth-order valence-electron chi connectivity index (χ4n) is 4.26. The molecule has 0 radical (unpaired) electrons. The predicted molar refractivity (Wildman–Crippen MR) is 117 cm³/mol. The van der Waals surface area contributed by atoms with Crippen LogP contribution in [0, 0.1) is 5.92 Å². The van der Waals surface area contributed by atoms with Crippen LogP contribution in [0.2, 0.25) is 0 Å². The molecule has 1 aliphatic carbocycles. The van der Waals surface area contributed by atoms with E-state index in [9.17, 15) is 9.59 Å². The second-order valence-corrected chi connectivity index (χ2v) is 7.73. The Morgan fingerprint density at radius 3 is 2.65 bits per heavy atom. The Kier molecular flexibility index (Phi) is 7.85. The van der Waals surface area contributed by atoms with Crippen LogP contribution < -0.4 is 9.47 Å². The molecule has 0 amide bonds. The number of ketones is 1. The van der Waals surface area contributed by atoms with Gasteiger partial charge < -0.3 is 18.9 Å². The van der Waals surface area contributed by atoms with E-state index < -0.39 is 17.8 Å². The molecule has 7 nitrogen and oxygen atoms in total. The lowest BCUT2D eigenvalue weighted by atomic mass is 9.71. The van der Waals surface area contributed by atoms with Crippen molar-refractivity contribution in [1.29, 1.82) is 0 Å². The summed E-state index contributed by atoms with van der Waals surface area (Å²) in [6.45, 7) is 4.97. The van der Waals surface area contributed by atoms with Crippen LogP contribution >= 0.6 is 0 Å². The first-order valence-corrected chi connectivity index (χ1v) is 10.8. The maximum Gasteiger partial charge on any atom is 0.315 e. The minimum Gasteiger partial charge on any atom is -0.497 e. The highest BCUT2D eigenvalue weighted by Gasteiger charge is 2.44. The third kappa shape index (κ3) is 4.98. The van der Waals surface area contributed by atoms with Crippen molar-refractivity contribution < 1.29 is 28.5 Å². The fraction of sp³-hybridized carbons (Fsp3) is 0.542. The van der Waals surface area contributed by atoms with Crippen molar-refractivity contribution >= 4 is 17.5 Å². The minimum atomic E-state index is -0.700. The number of rotatable bonds is 9. The Morgan fingerprint density at radius 2 is 1.94 bits per heavy atom. The summed E-state index contributed by atoms with van der Waals surface area (Å²) in [6, 6.07) is 5.44. The molecule has 1 unspecified atom stereocenters. The number of Topliss-reactive ketones (excluding diaryl/α,β-unsaturated/α-hetero) is 1. The molecule has 0 N–H and O–H groups in total. The van der Waals surface area contributed by atoms with Gasteiger partial charge in [0.2, 0.25) is 0 Å². The van der Waals surface area contributed by atoms with Gasteiger partial charge in [-0.25, -0.2) is 0 Å². The number of aliphatic imine (C=N–C) groups is 1. The summed E-state index contributed by atoms with van der Waals surface area (Å²) in [5, 5.41) is 0. The number of methoxy groups -OCH3 is 2. The van der Waals surface area contributed by atoms with Gasteiger partial charge in [-0.05, 0) is 32.3 Å². The van der Waals surface area contributed by atoms with Crippen LogP contribution in [0.25, 0.3) is 0 Å². The predicted octanol–water partition coefficient (Wildman–Crippen LogP) is 3.86. The number of ether oxygens (including phenoxy) is 4. The topological polar surface area (TPSA) is 83.4 Å². The number of carbonyl (C=O) groups excluding carboxylic acids is 2. The van der Waals surface area contributed by atoms with Crippen molar-refractivity contribution in [3.63, 3.8) is 0 Å². The third-order valence-corrected chi connectivity index (χ3v) is 5.68. The van der Waals surface area contributed by atoms with Gasteiger partial charge >= 0.3 is 5.97 Å². The van der Waals surface area contributed by atoms with E-state index in [0.29, 0.717) is 42.4 Å². The zero-order chi connectivity index (χ0) is 22.4. The first-order chi connectivity index (χ1) is 15.0. The number of allylic oxidation sites excluding steroid dienone is 2. The maximum atomic E-state index is 13.2. The summed E-state index contributed by atoms with van der Waals surface area (Å²) in [7, 11) is 3.15. The first-order valence-electron chi connectivity index (χ1n) is 10.8. The molecule has 0 aromatic heterocycles. The largest absolute Gasteiger partial charge is 0.497 e. The Balaban J connectivity index is 1.99. The number of benzene rings is 1. The molecule has 168 valence electrons. The second kappa shape index (κ2) is 10.6. The number of hydrogen-bond acceptors (Lipinski definition) is 7. The van der Waals surface area contributed by atoms with E-state index in [0.717, 1.165) is 30.5 Å². The van der Waals surface area contributed by atoms with Gasteiger partial charge in [0, 0.05) is 47.6 Å². The zero-order valence-corrected chi connectivity index (χ0v) is 18.7. The van der Waals surface area contributed by atoms with E-state index in [1.165, 1.54) is 0 Å². The Labute approximate surface area is 183 Å². The minimum absolute atomic E-state index is 0.0319. The SMILES string of the molecule is CCCOCCOC(=O)C1C(C)=NC2=C(C(=O)CCC2)[C@H]1c1ccc(OC)cc1OC. The van der Waals surface area contributed by atoms with E-state index in [1.54, 1.807) is 20.3 Å². The lowest BCUT2D eigenvalue weighted by Gasteiger charge is -2.35. The molecular weight excluding hydrogens is 398 g/mol. The van der Waals surface area contributed by atoms with Crippen LogP contribution in [0.5, 0.6) is 11.5 Å². The monoisotopic (exact) mass is 429 g/mol. The van der Waals surface area contributed by atoms with Gasteiger partial charge in [0.1, 0.15) is 24.0 Å². The average Bonchev–Trinajstić information content (AvgIpc) is 2.77. The highest BCUT2D eigenvalue weighted by Crippen LogP contribution is 2.46. The van der Waals surface area contributed by atoms with Gasteiger partial charge in [-0.3, -0.25) is 14.6 Å². The van der Waals surface area contributed by atoms with Crippen LogP contribution in [0.3, 0.4) is 0 Å². The van der Waals surface area contributed by atoms with E-state index in [-0.39, 0.29) is 12.4 Å². The summed E-state index contributed by atoms with van der Waals surface area (Å²) in [6.07, 6.45) is 2.85. The molecule has 0 spiro atoms. The van der Waals surface area contributed by atoms with Crippen molar-refractivity contribution in [2.75, 3.05) is 34.0 Å². The van der Waals surface area contributed by atoms with Crippen molar-refractivity contribution in [3.05, 3.63) is 35.0 Å². The molecule has 7 heteroatoms. The zero-order valence-electron chi connectivity index (χ0n) is 18.7. The van der Waals surface area contributed by atoms with Crippen LogP contribution in [-0.2, 0) is 19.1 Å². The molecule has 1 aliphatic heterocycles. The first kappa shape index (κ1) is 23.0. The summed E-state index contributed by atoms with van der Waals surface area (Å²) < 4.78 is 21.9. The molecule has 0 saturated carbocycles. The lowest BCUT2D eigenvalue weighted by Crippen LogP contribution is -2.37. The van der Waals surface area contributed by atoms with Gasteiger partial charge in [0.15, 0.2) is 5.78 Å². The van der Waals surface area contributed by atoms with Crippen LogP contribution in [-0.4, -0.2) is 51.5 Å². The molecule has 3 rings (SSSR count). The number of esters is 1. The van der Waals surface area contributed by atoms with Gasteiger partial charge in [0.25, 0.3) is 0 Å². The highest BCUT2D eigenvalue weighted by atomic mass is 16.6. The third-order valence-electron chi connectivity index (χ3n) is 5.68. The highest BCUT2D eigenvalue weighted by molar-refractivity contribution is 6.09. The molecule has 0 saturated heterocycles. The molecule has 1 heterocycles. The molecule has 1 aromatic carbocycles. The molecule has 31 heavy (non-hydrogen) atoms. The summed E-state index contributed by atoms with van der Waals surface area (Å²) in [5.41, 5.74) is 2.77. The van der Waals surface area contributed by atoms with Crippen molar-refractivity contribution in [2.24, 2.45) is 10.9 Å². The van der Waals surface area contributed by atoms with E-state index in [4.69, 9.17) is 18.9 Å². The van der Waals surface area contributed by atoms with Crippen molar-refractivity contribution in [2.45, 2.75) is 45.4 Å². The Bertz CT molecular complexity index is 888. The van der Waals surface area contributed by atoms with Gasteiger partial charge in [-0.1, -0.05) is 13.0 Å². The van der Waals surface area contributed by atoms with Gasteiger partial charge in [-0.15, -0.1) is 0 Å². The van der Waals surface area contributed by atoms with Crippen LogP contribution in [0.1, 0.15) is 51.0 Å². The molecule has 2 atom stereocenters. The summed E-state index contributed by atoms with van der Waals surface area (Å²) in [5.74, 6) is -0.385. The molecule has 2 aliphatic rings. The van der Waals surface area contributed by atoms with Crippen LogP contribution in [0.4, 0.5) is 0 Å². The number of carbonyl (C=O) groups is 2. The van der Waals surface area contributed by atoms with Crippen molar-refractivity contribution in [1.82, 2.24) is 0 Å². The quantitative estimate of drug-likeness (QED) is 0.438. The summed E-state index contributed by atoms with van der Waals surface area (Å²) >= 11 is 0. The fourth-order valence-corrected chi connectivity index (χ4v) is 4.26. The van der Waals surface area contributed by atoms with E-state index in [1.807, 2.05) is 26.0 Å². The molecular formula is C24H31NO6. The van der Waals surface area contributed by atoms with Gasteiger partial charge in [0.05, 0.1) is 20.8 Å². The lowest BCUT2D eigenvalue weighted by molar-refractivity contribution is -0.148. The summed E-state index contributed by atoms with van der Waals surface area (Å²) in [4.78, 5) is 30.8. The van der Waals surface area contributed by atoms with E-state index >= 15 is 0 Å². The normalized spacial score (nSPS) is 20.8. The second-order valence-electron chi connectivity index (χ2n) is 7.73. The Morgan fingerprint density at radius 1 is 1.13 bits per heavy atom. The number of nitrogens with zero attached hydrogens (tertiary/aromatic N) is 1. The number of hydrogen-bond donors (Lipinski definition) is 0. The van der Waals surface area contributed by atoms with Crippen molar-refractivity contribution in [3.8, 4) is 11.5 Å². The van der Waals surface area contributed by atoms with Crippen LogP contribution in [0.15, 0.2) is 34.5 Å². The Hall–Kier alpha value is -2.67. The van der Waals surface area contributed by atoms with Gasteiger partial charge in [-0.2, -0.15) is 0 Å². The molecule has 1 aromatic rings.